The average Bonchev–Trinajstić information content (AvgIpc) is 2.63. The summed E-state index contributed by atoms with van der Waals surface area (Å²) in [6, 6.07) is 12.0. The summed E-state index contributed by atoms with van der Waals surface area (Å²) in [4.78, 5) is 13.8. The highest BCUT2D eigenvalue weighted by Crippen LogP contribution is 2.38. The van der Waals surface area contributed by atoms with Crippen LogP contribution in [0.1, 0.15) is 18.5 Å². The highest BCUT2D eigenvalue weighted by atomic mass is 16.5. The average molecular weight is 338 g/mol. The summed E-state index contributed by atoms with van der Waals surface area (Å²) in [6.45, 7) is 5.12. The van der Waals surface area contributed by atoms with Crippen molar-refractivity contribution in [3.05, 3.63) is 54.5 Å². The lowest BCUT2D eigenvalue weighted by atomic mass is 9.75. The molecule has 2 aliphatic rings. The third-order valence-electron chi connectivity index (χ3n) is 5.60. The maximum atomic E-state index is 5.91. The Kier molecular flexibility index (Phi) is 4.68. The first-order valence-electron chi connectivity index (χ1n) is 9.11. The molecule has 0 N–H and O–H groups in total. The zero-order valence-corrected chi connectivity index (χ0v) is 14.8. The summed E-state index contributed by atoms with van der Waals surface area (Å²) >= 11 is 0. The van der Waals surface area contributed by atoms with Crippen LogP contribution in [0.4, 0.5) is 0 Å². The number of hydrogen-bond acceptors (Lipinski definition) is 5. The molecule has 0 radical (unpaired) electrons. The summed E-state index contributed by atoms with van der Waals surface area (Å²) in [5, 5.41) is 0. The van der Waals surface area contributed by atoms with Crippen molar-refractivity contribution >= 4 is 0 Å². The minimum Gasteiger partial charge on any atom is -0.477 e. The molecule has 1 atom stereocenters. The monoisotopic (exact) mass is 338 g/mol. The Bertz CT molecular complexity index is 673. The number of pyridine rings is 2. The molecule has 2 aromatic heterocycles. The van der Waals surface area contributed by atoms with Crippen LogP contribution in [0.25, 0.3) is 0 Å². The van der Waals surface area contributed by atoms with E-state index in [9.17, 15) is 0 Å². The Morgan fingerprint density at radius 2 is 1.92 bits per heavy atom. The number of piperidine rings is 1. The topological polar surface area (TPSA) is 41.5 Å². The molecule has 0 aliphatic carbocycles. The van der Waals surface area contributed by atoms with Gasteiger partial charge in [0.2, 0.25) is 5.88 Å². The maximum absolute atomic E-state index is 5.91. The fourth-order valence-corrected chi connectivity index (χ4v) is 4.18. The van der Waals surface area contributed by atoms with E-state index in [0.29, 0.717) is 11.5 Å². The molecule has 4 heterocycles. The van der Waals surface area contributed by atoms with E-state index in [1.807, 2.05) is 30.5 Å². The summed E-state index contributed by atoms with van der Waals surface area (Å²) in [5.74, 6) is 1.34. The van der Waals surface area contributed by atoms with Crippen LogP contribution in [0.3, 0.4) is 0 Å². The molecule has 25 heavy (non-hydrogen) atoms. The Morgan fingerprint density at radius 3 is 2.64 bits per heavy atom. The first-order valence-corrected chi connectivity index (χ1v) is 9.11. The van der Waals surface area contributed by atoms with Gasteiger partial charge >= 0.3 is 0 Å². The molecule has 132 valence electrons. The Hall–Kier alpha value is -1.98. The molecule has 2 fully saturated rings. The van der Waals surface area contributed by atoms with Gasteiger partial charge in [0.15, 0.2) is 0 Å². The summed E-state index contributed by atoms with van der Waals surface area (Å²) in [5.41, 5.74) is 1.47. The van der Waals surface area contributed by atoms with E-state index in [1.165, 1.54) is 12.8 Å². The number of nitrogens with zero attached hydrogens (tertiary/aromatic N) is 4. The third kappa shape index (κ3) is 3.67. The van der Waals surface area contributed by atoms with Gasteiger partial charge in [0.25, 0.3) is 0 Å². The molecule has 2 aliphatic heterocycles. The fraction of sp³-hybridized carbons (Fsp3) is 0.500. The van der Waals surface area contributed by atoms with Crippen molar-refractivity contribution in [2.24, 2.45) is 5.92 Å². The second-order valence-electron chi connectivity index (χ2n) is 7.45. The van der Waals surface area contributed by atoms with E-state index in [1.54, 1.807) is 6.20 Å². The molecule has 4 rings (SSSR count). The number of hydrogen-bond donors (Lipinski definition) is 0. The molecule has 1 spiro atoms. The minimum atomic E-state index is 0.311. The second-order valence-corrected chi connectivity index (χ2v) is 7.45. The zero-order valence-electron chi connectivity index (χ0n) is 14.8. The Labute approximate surface area is 149 Å². The van der Waals surface area contributed by atoms with Gasteiger partial charge in [-0.1, -0.05) is 12.1 Å². The van der Waals surface area contributed by atoms with Crippen LogP contribution in [0.2, 0.25) is 0 Å². The molecular formula is C20H26N4O. The molecule has 2 saturated heterocycles. The standard InChI is InChI=1S/C20H26N4O/c1-23-11-8-17(14-25-19-7-3-5-10-22-19)12-20(23)15-24(16-20)13-18-6-2-4-9-21-18/h2-7,9-10,17H,8,11-16H2,1H3/t17-/m1/s1. The summed E-state index contributed by atoms with van der Waals surface area (Å²) in [6.07, 6.45) is 6.07. The quantitative estimate of drug-likeness (QED) is 0.838. The molecule has 0 bridgehead atoms. The SMILES string of the molecule is CN1CC[C@@H](COc2ccccn2)CC12CN(Cc1ccccn1)C2. The minimum absolute atomic E-state index is 0.311. The predicted octanol–water partition coefficient (Wildman–Crippen LogP) is 2.45. The molecule has 2 aromatic rings. The third-order valence-corrected chi connectivity index (χ3v) is 5.60. The van der Waals surface area contributed by atoms with Gasteiger partial charge in [0, 0.05) is 43.6 Å². The van der Waals surface area contributed by atoms with Gasteiger partial charge < -0.3 is 4.74 Å². The van der Waals surface area contributed by atoms with Crippen LogP contribution in [-0.4, -0.2) is 58.6 Å². The van der Waals surface area contributed by atoms with Crippen molar-refractivity contribution in [2.75, 3.05) is 33.3 Å². The van der Waals surface area contributed by atoms with Crippen molar-refractivity contribution in [1.82, 2.24) is 19.8 Å². The van der Waals surface area contributed by atoms with Crippen LogP contribution in [-0.2, 0) is 6.54 Å². The first kappa shape index (κ1) is 16.5. The van der Waals surface area contributed by atoms with Gasteiger partial charge in [-0.25, -0.2) is 4.98 Å². The highest BCUT2D eigenvalue weighted by Gasteiger charge is 2.49. The number of likely N-dealkylation sites (N-methyl/N-ethyl adjacent to an activating group) is 1. The van der Waals surface area contributed by atoms with Gasteiger partial charge in [0.05, 0.1) is 12.3 Å². The van der Waals surface area contributed by atoms with Crippen molar-refractivity contribution in [3.8, 4) is 5.88 Å². The molecule has 0 amide bonds. The molecule has 0 unspecified atom stereocenters. The summed E-state index contributed by atoms with van der Waals surface area (Å²) in [7, 11) is 2.27. The normalized spacial score (nSPS) is 23.3. The van der Waals surface area contributed by atoms with Crippen molar-refractivity contribution in [3.63, 3.8) is 0 Å². The van der Waals surface area contributed by atoms with Crippen molar-refractivity contribution in [2.45, 2.75) is 24.9 Å². The molecule has 0 saturated carbocycles. The number of likely N-dealkylation sites (tertiary alicyclic amines) is 2. The molecule has 5 heteroatoms. The lowest BCUT2D eigenvalue weighted by Crippen LogP contribution is -2.71. The van der Waals surface area contributed by atoms with Crippen LogP contribution in [0.15, 0.2) is 48.8 Å². The van der Waals surface area contributed by atoms with E-state index >= 15 is 0 Å². The first-order chi connectivity index (χ1) is 12.2. The maximum Gasteiger partial charge on any atom is 0.213 e. The van der Waals surface area contributed by atoms with E-state index in [2.05, 4.69) is 38.9 Å². The largest absolute Gasteiger partial charge is 0.477 e. The smallest absolute Gasteiger partial charge is 0.213 e. The lowest BCUT2D eigenvalue weighted by molar-refractivity contribution is -0.0878. The predicted molar refractivity (Wildman–Crippen MR) is 97.3 cm³/mol. The number of rotatable bonds is 5. The molecule has 5 nitrogen and oxygen atoms in total. The Balaban J connectivity index is 1.31. The van der Waals surface area contributed by atoms with Crippen LogP contribution in [0.5, 0.6) is 5.88 Å². The van der Waals surface area contributed by atoms with E-state index in [0.717, 1.165) is 44.4 Å². The van der Waals surface area contributed by atoms with E-state index in [-0.39, 0.29) is 0 Å². The van der Waals surface area contributed by atoms with Gasteiger partial charge in [-0.2, -0.15) is 0 Å². The van der Waals surface area contributed by atoms with Crippen LogP contribution < -0.4 is 4.74 Å². The van der Waals surface area contributed by atoms with Gasteiger partial charge in [-0.15, -0.1) is 0 Å². The second kappa shape index (κ2) is 7.10. The van der Waals surface area contributed by atoms with Crippen molar-refractivity contribution < 1.29 is 4.74 Å². The fourth-order valence-electron chi connectivity index (χ4n) is 4.18. The summed E-state index contributed by atoms with van der Waals surface area (Å²) < 4.78 is 5.91. The van der Waals surface area contributed by atoms with Gasteiger partial charge in [0.1, 0.15) is 0 Å². The van der Waals surface area contributed by atoms with E-state index in [4.69, 9.17) is 4.74 Å². The van der Waals surface area contributed by atoms with E-state index < -0.39 is 0 Å². The molecule has 0 aromatic carbocycles. The Morgan fingerprint density at radius 1 is 1.12 bits per heavy atom. The van der Waals surface area contributed by atoms with Crippen LogP contribution >= 0.6 is 0 Å². The molecular weight excluding hydrogens is 312 g/mol. The number of ether oxygens (including phenoxy) is 1. The number of aromatic nitrogens is 2. The van der Waals surface area contributed by atoms with Crippen LogP contribution in [0, 0.1) is 5.92 Å². The zero-order chi connectivity index (χ0) is 17.1. The van der Waals surface area contributed by atoms with Gasteiger partial charge in [-0.05, 0) is 50.6 Å². The highest BCUT2D eigenvalue weighted by molar-refractivity contribution is 5.11. The lowest BCUT2D eigenvalue weighted by Gasteiger charge is -2.58. The van der Waals surface area contributed by atoms with Crippen molar-refractivity contribution in [1.29, 1.82) is 0 Å². The van der Waals surface area contributed by atoms with Gasteiger partial charge in [-0.3, -0.25) is 14.8 Å².